The van der Waals surface area contributed by atoms with Crippen molar-refractivity contribution in [3.05, 3.63) is 77.4 Å². The van der Waals surface area contributed by atoms with Crippen molar-refractivity contribution in [3.63, 3.8) is 0 Å². The standard InChI is InChI=1S/C17H16FN3O/c18-14-7-9-15(10-8-14)21-17(16(12-22)19-20-21)11-6-13-4-2-1-3-5-13/h1-5,7-10,22H,6,11-12H2. The van der Waals surface area contributed by atoms with Gasteiger partial charge < -0.3 is 5.11 Å². The molecule has 0 unspecified atom stereocenters. The lowest BCUT2D eigenvalue weighted by atomic mass is 10.1. The molecule has 22 heavy (non-hydrogen) atoms. The molecule has 0 aliphatic heterocycles. The van der Waals surface area contributed by atoms with Crippen molar-refractivity contribution in [1.29, 1.82) is 0 Å². The van der Waals surface area contributed by atoms with Crippen LogP contribution in [0, 0.1) is 5.82 Å². The molecule has 0 radical (unpaired) electrons. The largest absolute Gasteiger partial charge is 0.390 e. The molecule has 3 aromatic rings. The van der Waals surface area contributed by atoms with Gasteiger partial charge in [-0.2, -0.15) is 0 Å². The summed E-state index contributed by atoms with van der Waals surface area (Å²) in [5.41, 5.74) is 3.34. The second kappa shape index (κ2) is 6.49. The molecule has 0 atom stereocenters. The molecule has 1 aromatic heterocycles. The molecule has 4 nitrogen and oxygen atoms in total. The predicted octanol–water partition coefficient (Wildman–Crippen LogP) is 2.68. The lowest BCUT2D eigenvalue weighted by molar-refractivity contribution is 0.275. The Morgan fingerprint density at radius 2 is 1.68 bits per heavy atom. The second-order valence-electron chi connectivity index (χ2n) is 5.01. The van der Waals surface area contributed by atoms with Crippen molar-refractivity contribution >= 4 is 0 Å². The molecule has 5 heteroatoms. The van der Waals surface area contributed by atoms with Crippen molar-refractivity contribution in [2.45, 2.75) is 19.4 Å². The van der Waals surface area contributed by atoms with E-state index in [1.54, 1.807) is 16.8 Å². The van der Waals surface area contributed by atoms with Gasteiger partial charge in [0.2, 0.25) is 0 Å². The fourth-order valence-electron chi connectivity index (χ4n) is 2.40. The molecule has 3 rings (SSSR count). The van der Waals surface area contributed by atoms with Gasteiger partial charge in [-0.05, 0) is 42.7 Å². The van der Waals surface area contributed by atoms with Gasteiger partial charge in [-0.1, -0.05) is 35.5 Å². The average molecular weight is 297 g/mol. The molecule has 0 fully saturated rings. The Morgan fingerprint density at radius 3 is 2.36 bits per heavy atom. The molecule has 0 saturated heterocycles. The third-order valence-corrected chi connectivity index (χ3v) is 3.56. The highest BCUT2D eigenvalue weighted by molar-refractivity contribution is 5.34. The van der Waals surface area contributed by atoms with E-state index in [1.807, 2.05) is 18.2 Å². The molecule has 2 aromatic carbocycles. The highest BCUT2D eigenvalue weighted by atomic mass is 19.1. The average Bonchev–Trinajstić information content (AvgIpc) is 2.97. The van der Waals surface area contributed by atoms with Gasteiger partial charge in [-0.25, -0.2) is 9.07 Å². The monoisotopic (exact) mass is 297 g/mol. The van der Waals surface area contributed by atoms with Crippen LogP contribution in [-0.2, 0) is 19.4 Å². The summed E-state index contributed by atoms with van der Waals surface area (Å²) in [6.07, 6.45) is 1.52. The van der Waals surface area contributed by atoms with E-state index in [0.29, 0.717) is 12.1 Å². The van der Waals surface area contributed by atoms with Crippen LogP contribution in [-0.4, -0.2) is 20.1 Å². The summed E-state index contributed by atoms with van der Waals surface area (Å²) in [4.78, 5) is 0. The van der Waals surface area contributed by atoms with E-state index in [-0.39, 0.29) is 12.4 Å². The number of aromatic nitrogens is 3. The number of nitrogens with zero attached hydrogens (tertiary/aromatic N) is 3. The molecule has 0 aliphatic carbocycles. The van der Waals surface area contributed by atoms with Crippen LogP contribution in [0.2, 0.25) is 0 Å². The SMILES string of the molecule is OCc1nnn(-c2ccc(F)cc2)c1CCc1ccccc1. The molecule has 0 bridgehead atoms. The van der Waals surface area contributed by atoms with Gasteiger partial charge in [0.15, 0.2) is 0 Å². The fraction of sp³-hybridized carbons (Fsp3) is 0.176. The maximum atomic E-state index is 13.1. The van der Waals surface area contributed by atoms with Crippen LogP contribution >= 0.6 is 0 Å². The van der Waals surface area contributed by atoms with E-state index >= 15 is 0 Å². The maximum absolute atomic E-state index is 13.1. The van der Waals surface area contributed by atoms with E-state index in [2.05, 4.69) is 22.4 Å². The van der Waals surface area contributed by atoms with Crippen LogP contribution in [0.1, 0.15) is 17.0 Å². The normalized spacial score (nSPS) is 10.8. The third kappa shape index (κ3) is 3.04. The Labute approximate surface area is 127 Å². The summed E-state index contributed by atoms with van der Waals surface area (Å²) in [5.74, 6) is -0.294. The number of hydrogen-bond acceptors (Lipinski definition) is 3. The molecular weight excluding hydrogens is 281 g/mol. The second-order valence-corrected chi connectivity index (χ2v) is 5.01. The van der Waals surface area contributed by atoms with Gasteiger partial charge in [0.1, 0.15) is 11.5 Å². The number of aliphatic hydroxyl groups is 1. The molecule has 0 saturated carbocycles. The summed E-state index contributed by atoms with van der Waals surface area (Å²) in [6, 6.07) is 16.2. The number of aliphatic hydroxyl groups excluding tert-OH is 1. The smallest absolute Gasteiger partial charge is 0.123 e. The van der Waals surface area contributed by atoms with Crippen molar-refractivity contribution < 1.29 is 9.50 Å². The summed E-state index contributed by atoms with van der Waals surface area (Å²) in [5, 5.41) is 17.5. The van der Waals surface area contributed by atoms with Crippen molar-refractivity contribution in [1.82, 2.24) is 15.0 Å². The van der Waals surface area contributed by atoms with Crippen molar-refractivity contribution in [2.75, 3.05) is 0 Å². The Bertz CT molecular complexity index is 738. The number of hydrogen-bond donors (Lipinski definition) is 1. The summed E-state index contributed by atoms with van der Waals surface area (Å²) >= 11 is 0. The first-order valence-corrected chi connectivity index (χ1v) is 7.12. The van der Waals surface area contributed by atoms with Gasteiger partial charge in [0, 0.05) is 0 Å². The minimum atomic E-state index is -0.294. The van der Waals surface area contributed by atoms with Crippen molar-refractivity contribution in [3.8, 4) is 5.69 Å². The van der Waals surface area contributed by atoms with Crippen LogP contribution < -0.4 is 0 Å². The van der Waals surface area contributed by atoms with E-state index in [1.165, 1.54) is 17.7 Å². The van der Waals surface area contributed by atoms with Crippen LogP contribution in [0.3, 0.4) is 0 Å². The molecule has 0 amide bonds. The van der Waals surface area contributed by atoms with E-state index in [4.69, 9.17) is 0 Å². The van der Waals surface area contributed by atoms with E-state index in [0.717, 1.165) is 17.8 Å². The first-order chi connectivity index (χ1) is 10.8. The summed E-state index contributed by atoms with van der Waals surface area (Å²) in [6.45, 7) is -0.161. The minimum Gasteiger partial charge on any atom is -0.390 e. The van der Waals surface area contributed by atoms with Gasteiger partial charge >= 0.3 is 0 Å². The Kier molecular flexibility index (Phi) is 4.25. The zero-order valence-corrected chi connectivity index (χ0v) is 12.0. The van der Waals surface area contributed by atoms with Gasteiger partial charge in [0.25, 0.3) is 0 Å². The zero-order valence-electron chi connectivity index (χ0n) is 12.0. The van der Waals surface area contributed by atoms with Crippen LogP contribution in [0.25, 0.3) is 5.69 Å². The summed E-state index contributed by atoms with van der Waals surface area (Å²) < 4.78 is 14.7. The number of rotatable bonds is 5. The van der Waals surface area contributed by atoms with Gasteiger partial charge in [-0.3, -0.25) is 0 Å². The molecule has 0 spiro atoms. The van der Waals surface area contributed by atoms with Crippen LogP contribution in [0.5, 0.6) is 0 Å². The maximum Gasteiger partial charge on any atom is 0.123 e. The van der Waals surface area contributed by atoms with Crippen molar-refractivity contribution in [2.24, 2.45) is 0 Å². The topological polar surface area (TPSA) is 50.9 Å². The van der Waals surface area contributed by atoms with Gasteiger partial charge in [-0.15, -0.1) is 5.10 Å². The third-order valence-electron chi connectivity index (χ3n) is 3.56. The summed E-state index contributed by atoms with van der Waals surface area (Å²) in [7, 11) is 0. The Morgan fingerprint density at radius 1 is 0.955 bits per heavy atom. The number of aryl methyl sites for hydroxylation is 1. The predicted molar refractivity (Wildman–Crippen MR) is 81.1 cm³/mol. The Balaban J connectivity index is 1.88. The first kappa shape index (κ1) is 14.4. The van der Waals surface area contributed by atoms with E-state index < -0.39 is 0 Å². The highest BCUT2D eigenvalue weighted by Crippen LogP contribution is 2.16. The van der Waals surface area contributed by atoms with Crippen LogP contribution in [0.4, 0.5) is 4.39 Å². The molecule has 112 valence electrons. The number of benzene rings is 2. The lowest BCUT2D eigenvalue weighted by Crippen LogP contribution is -2.05. The highest BCUT2D eigenvalue weighted by Gasteiger charge is 2.13. The quantitative estimate of drug-likeness (QED) is 0.787. The van der Waals surface area contributed by atoms with Gasteiger partial charge in [0.05, 0.1) is 18.0 Å². The molecular formula is C17H16FN3O. The lowest BCUT2D eigenvalue weighted by Gasteiger charge is -2.08. The first-order valence-electron chi connectivity index (χ1n) is 7.12. The van der Waals surface area contributed by atoms with Crippen LogP contribution in [0.15, 0.2) is 54.6 Å². The minimum absolute atomic E-state index is 0.161. The fourth-order valence-corrected chi connectivity index (χ4v) is 2.40. The number of halogens is 1. The molecule has 1 heterocycles. The zero-order chi connectivity index (χ0) is 15.4. The molecule has 1 N–H and O–H groups in total. The van der Waals surface area contributed by atoms with E-state index in [9.17, 15) is 9.50 Å². The Hall–Kier alpha value is -2.53. The molecule has 0 aliphatic rings.